The Morgan fingerprint density at radius 1 is 1.32 bits per heavy atom. The maximum absolute atomic E-state index is 12.2. The van der Waals surface area contributed by atoms with Crippen LogP contribution >= 0.6 is 27.5 Å². The van der Waals surface area contributed by atoms with Gasteiger partial charge in [-0.05, 0) is 46.6 Å². The number of halogens is 2. The molecule has 1 N–H and O–H groups in total. The minimum atomic E-state index is -0.543. The number of benzene rings is 2. The quantitative estimate of drug-likeness (QED) is 0.624. The van der Waals surface area contributed by atoms with E-state index in [-0.39, 0.29) is 17.3 Å². The molecule has 1 unspecified atom stereocenters. The molecule has 0 aromatic heterocycles. The van der Waals surface area contributed by atoms with Crippen molar-refractivity contribution in [3.63, 3.8) is 0 Å². The molecule has 22 heavy (non-hydrogen) atoms. The molecule has 2 aromatic carbocycles. The first kappa shape index (κ1) is 16.5. The Kier molecular flexibility index (Phi) is 5.15. The second kappa shape index (κ2) is 6.89. The topological polar surface area (TPSA) is 72.2 Å². The molecule has 0 bridgehead atoms. The van der Waals surface area contributed by atoms with Crippen LogP contribution in [-0.2, 0) is 0 Å². The second-order valence-corrected chi connectivity index (χ2v) is 5.90. The molecule has 0 aliphatic heterocycles. The number of carbonyl (C=O) groups excluding carboxylic acids is 1. The summed E-state index contributed by atoms with van der Waals surface area (Å²) in [5.74, 6) is -0.400. The molecule has 0 aliphatic carbocycles. The van der Waals surface area contributed by atoms with Gasteiger partial charge in [0.1, 0.15) is 0 Å². The van der Waals surface area contributed by atoms with Crippen LogP contribution in [0.25, 0.3) is 0 Å². The number of nitro groups is 1. The summed E-state index contributed by atoms with van der Waals surface area (Å²) in [5.41, 5.74) is 0.843. The number of hydrogen-bond donors (Lipinski definition) is 1. The number of amides is 1. The lowest BCUT2D eigenvalue weighted by Gasteiger charge is -2.15. The van der Waals surface area contributed by atoms with Crippen LogP contribution in [0, 0.1) is 10.1 Å². The van der Waals surface area contributed by atoms with Crippen molar-refractivity contribution in [2.24, 2.45) is 0 Å². The zero-order chi connectivity index (χ0) is 16.3. The molecular formula is C15H12BrClN2O3. The fourth-order valence-electron chi connectivity index (χ4n) is 1.98. The van der Waals surface area contributed by atoms with Crippen LogP contribution in [0.1, 0.15) is 28.9 Å². The highest BCUT2D eigenvalue weighted by molar-refractivity contribution is 9.10. The molecule has 0 fully saturated rings. The molecule has 0 radical (unpaired) electrons. The summed E-state index contributed by atoms with van der Waals surface area (Å²) in [6, 6.07) is 11.1. The van der Waals surface area contributed by atoms with Gasteiger partial charge >= 0.3 is 0 Å². The summed E-state index contributed by atoms with van der Waals surface area (Å²) in [6.07, 6.45) is 0. The van der Waals surface area contributed by atoms with Gasteiger partial charge in [0.2, 0.25) is 0 Å². The van der Waals surface area contributed by atoms with Gasteiger partial charge in [0.15, 0.2) is 0 Å². The van der Waals surface area contributed by atoms with Crippen LogP contribution in [0.2, 0.25) is 5.02 Å². The van der Waals surface area contributed by atoms with Gasteiger partial charge in [-0.15, -0.1) is 0 Å². The predicted molar refractivity (Wildman–Crippen MR) is 88.1 cm³/mol. The van der Waals surface area contributed by atoms with Gasteiger partial charge in [-0.2, -0.15) is 0 Å². The first-order valence-corrected chi connectivity index (χ1v) is 7.56. The maximum atomic E-state index is 12.2. The summed E-state index contributed by atoms with van der Waals surface area (Å²) in [7, 11) is 0. The van der Waals surface area contributed by atoms with E-state index in [1.807, 2.05) is 12.1 Å². The van der Waals surface area contributed by atoms with E-state index < -0.39 is 10.8 Å². The number of rotatable bonds is 4. The highest BCUT2D eigenvalue weighted by Gasteiger charge is 2.18. The van der Waals surface area contributed by atoms with Crippen LogP contribution in [0.4, 0.5) is 5.69 Å². The van der Waals surface area contributed by atoms with E-state index in [2.05, 4.69) is 21.2 Å². The molecule has 0 saturated heterocycles. The van der Waals surface area contributed by atoms with Crippen LogP contribution < -0.4 is 5.32 Å². The van der Waals surface area contributed by atoms with E-state index >= 15 is 0 Å². The predicted octanol–water partition coefficient (Wildman–Crippen LogP) is 4.50. The summed E-state index contributed by atoms with van der Waals surface area (Å²) < 4.78 is 0.327. The van der Waals surface area contributed by atoms with Gasteiger partial charge < -0.3 is 5.32 Å². The summed E-state index contributed by atoms with van der Waals surface area (Å²) in [6.45, 7) is 1.80. The van der Waals surface area contributed by atoms with Crippen LogP contribution in [0.15, 0.2) is 46.9 Å². The van der Waals surface area contributed by atoms with Crippen molar-refractivity contribution < 1.29 is 9.72 Å². The third-order valence-electron chi connectivity index (χ3n) is 3.12. The molecule has 5 nitrogen and oxygen atoms in total. The Morgan fingerprint density at radius 2 is 2.00 bits per heavy atom. The van der Waals surface area contributed by atoms with E-state index in [9.17, 15) is 14.9 Å². The van der Waals surface area contributed by atoms with Crippen LogP contribution in [0.3, 0.4) is 0 Å². The molecule has 2 rings (SSSR count). The molecule has 0 saturated carbocycles. The molecule has 0 aliphatic rings. The van der Waals surface area contributed by atoms with Crippen LogP contribution in [-0.4, -0.2) is 10.8 Å². The van der Waals surface area contributed by atoms with E-state index in [1.165, 1.54) is 18.2 Å². The fourth-order valence-corrected chi connectivity index (χ4v) is 2.67. The van der Waals surface area contributed by atoms with Crippen molar-refractivity contribution in [3.8, 4) is 0 Å². The molecule has 0 spiro atoms. The lowest BCUT2D eigenvalue weighted by Crippen LogP contribution is -2.26. The Hall–Kier alpha value is -1.92. The lowest BCUT2D eigenvalue weighted by atomic mass is 10.1. The average Bonchev–Trinajstić information content (AvgIpc) is 2.47. The Labute approximate surface area is 140 Å². The van der Waals surface area contributed by atoms with Gasteiger partial charge in [0.05, 0.1) is 15.4 Å². The normalized spacial score (nSPS) is 11.8. The minimum Gasteiger partial charge on any atom is -0.345 e. The highest BCUT2D eigenvalue weighted by Crippen LogP contribution is 2.26. The zero-order valence-corrected chi connectivity index (χ0v) is 13.9. The van der Waals surface area contributed by atoms with Gasteiger partial charge in [-0.1, -0.05) is 29.8 Å². The third kappa shape index (κ3) is 3.64. The highest BCUT2D eigenvalue weighted by atomic mass is 79.9. The first-order chi connectivity index (χ1) is 10.4. The van der Waals surface area contributed by atoms with Crippen molar-refractivity contribution >= 4 is 39.1 Å². The van der Waals surface area contributed by atoms with Crippen molar-refractivity contribution in [3.05, 3.63) is 73.2 Å². The maximum Gasteiger partial charge on any atom is 0.284 e. The van der Waals surface area contributed by atoms with Gasteiger partial charge in [0.25, 0.3) is 11.6 Å². The number of hydrogen-bond acceptors (Lipinski definition) is 3. The average molecular weight is 384 g/mol. The van der Waals surface area contributed by atoms with Crippen molar-refractivity contribution in [1.82, 2.24) is 5.32 Å². The van der Waals surface area contributed by atoms with E-state index in [4.69, 9.17) is 11.6 Å². The number of nitrogens with one attached hydrogen (secondary N) is 1. The number of carbonyl (C=O) groups is 1. The molecule has 2 aromatic rings. The fraction of sp³-hybridized carbons (Fsp3) is 0.133. The van der Waals surface area contributed by atoms with E-state index in [0.29, 0.717) is 9.50 Å². The Morgan fingerprint density at radius 3 is 2.64 bits per heavy atom. The monoisotopic (exact) mass is 382 g/mol. The summed E-state index contributed by atoms with van der Waals surface area (Å²) in [4.78, 5) is 22.6. The standard InChI is InChI=1S/C15H12BrClN2O3/c1-9(11-4-2-3-5-13(11)17)18-15(20)10-6-7-12(16)14(8-10)19(21)22/h2-9H,1H3,(H,18,20). The smallest absolute Gasteiger partial charge is 0.284 e. The lowest BCUT2D eigenvalue weighted by molar-refractivity contribution is -0.385. The van der Waals surface area contributed by atoms with Crippen molar-refractivity contribution in [1.29, 1.82) is 0 Å². The molecule has 1 atom stereocenters. The van der Waals surface area contributed by atoms with E-state index in [0.717, 1.165) is 5.56 Å². The third-order valence-corrected chi connectivity index (χ3v) is 4.14. The Bertz CT molecular complexity index is 736. The zero-order valence-electron chi connectivity index (χ0n) is 11.5. The largest absolute Gasteiger partial charge is 0.345 e. The van der Waals surface area contributed by atoms with Gasteiger partial charge in [0, 0.05) is 16.7 Å². The van der Waals surface area contributed by atoms with Gasteiger partial charge in [-0.3, -0.25) is 14.9 Å². The van der Waals surface area contributed by atoms with Crippen molar-refractivity contribution in [2.45, 2.75) is 13.0 Å². The molecule has 114 valence electrons. The first-order valence-electron chi connectivity index (χ1n) is 6.39. The van der Waals surface area contributed by atoms with Gasteiger partial charge in [-0.25, -0.2) is 0 Å². The summed E-state index contributed by atoms with van der Waals surface area (Å²) >= 11 is 9.18. The van der Waals surface area contributed by atoms with E-state index in [1.54, 1.807) is 19.1 Å². The van der Waals surface area contributed by atoms with Crippen molar-refractivity contribution in [2.75, 3.05) is 0 Å². The minimum absolute atomic E-state index is 0.155. The molecule has 0 heterocycles. The molecular weight excluding hydrogens is 372 g/mol. The van der Waals surface area contributed by atoms with Crippen LogP contribution in [0.5, 0.6) is 0 Å². The second-order valence-electron chi connectivity index (χ2n) is 4.64. The Balaban J connectivity index is 2.21. The molecule has 7 heteroatoms. The number of nitro benzene ring substituents is 1. The number of nitrogens with zero attached hydrogens (tertiary/aromatic N) is 1. The SMILES string of the molecule is CC(NC(=O)c1ccc(Br)c([N+](=O)[O-])c1)c1ccccc1Cl. The summed E-state index contributed by atoms with van der Waals surface area (Å²) in [5, 5.41) is 14.2. The molecule has 1 amide bonds.